The molecule has 3 fully saturated rings. The second-order valence-electron chi connectivity index (χ2n) is 9.15. The van der Waals surface area contributed by atoms with Crippen LogP contribution in [0.25, 0.3) is 0 Å². The average Bonchev–Trinajstić information content (AvgIpc) is 2.76. The Hall–Kier alpha value is -0.160. The van der Waals surface area contributed by atoms with E-state index in [1.54, 1.807) is 0 Å². The smallest absolute Gasteiger partial charge is 0.193 e. The minimum Gasteiger partial charge on any atom is -0.376 e. The van der Waals surface area contributed by atoms with Crippen LogP contribution in [-0.4, -0.2) is 113 Å². The van der Waals surface area contributed by atoms with Crippen molar-refractivity contribution in [1.82, 2.24) is 20.0 Å². The second-order valence-corrected chi connectivity index (χ2v) is 9.15. The van der Waals surface area contributed by atoms with Gasteiger partial charge in [0.1, 0.15) is 0 Å². The highest BCUT2D eigenvalue weighted by Gasteiger charge is 2.24. The SMILES string of the molecule is CN=C(NCC(C)CN1CCN(C)CC1)N1CCC(OCC2CCCCO2)CC1.I. The third-order valence-corrected chi connectivity index (χ3v) is 6.52. The fraction of sp³-hybridized carbons (Fsp3) is 0.955. The largest absolute Gasteiger partial charge is 0.376 e. The number of guanidine groups is 1. The Balaban J connectivity index is 0.00000320. The molecule has 3 aliphatic rings. The van der Waals surface area contributed by atoms with Gasteiger partial charge in [-0.15, -0.1) is 24.0 Å². The van der Waals surface area contributed by atoms with E-state index >= 15 is 0 Å². The van der Waals surface area contributed by atoms with Crippen LogP contribution in [0, 0.1) is 5.92 Å². The molecule has 7 nitrogen and oxygen atoms in total. The first kappa shape index (κ1) is 26.1. The van der Waals surface area contributed by atoms with Crippen molar-refractivity contribution in [2.24, 2.45) is 10.9 Å². The lowest BCUT2D eigenvalue weighted by Crippen LogP contribution is -2.50. The maximum atomic E-state index is 6.15. The van der Waals surface area contributed by atoms with Crippen LogP contribution in [0.4, 0.5) is 0 Å². The van der Waals surface area contributed by atoms with Gasteiger partial charge in [-0.05, 0) is 45.1 Å². The number of nitrogens with zero attached hydrogens (tertiary/aromatic N) is 4. The number of rotatable bonds is 7. The van der Waals surface area contributed by atoms with E-state index in [0.717, 1.165) is 64.6 Å². The minimum atomic E-state index is 0. The molecule has 0 aromatic rings. The molecule has 0 amide bonds. The number of ether oxygens (including phenoxy) is 2. The number of hydrogen-bond acceptors (Lipinski definition) is 5. The summed E-state index contributed by atoms with van der Waals surface area (Å²) in [5, 5.41) is 3.61. The van der Waals surface area contributed by atoms with E-state index in [0.29, 0.717) is 18.1 Å². The van der Waals surface area contributed by atoms with Gasteiger partial charge in [0.05, 0.1) is 18.8 Å². The first-order valence-corrected chi connectivity index (χ1v) is 11.7. The Morgan fingerprint density at radius 2 is 1.83 bits per heavy atom. The zero-order chi connectivity index (χ0) is 20.5. The molecule has 30 heavy (non-hydrogen) atoms. The van der Waals surface area contributed by atoms with Gasteiger partial charge in [0.25, 0.3) is 0 Å². The van der Waals surface area contributed by atoms with Crippen LogP contribution < -0.4 is 5.32 Å². The first-order chi connectivity index (χ1) is 14.1. The van der Waals surface area contributed by atoms with Gasteiger partial charge in [-0.2, -0.15) is 0 Å². The van der Waals surface area contributed by atoms with E-state index in [9.17, 15) is 0 Å². The molecule has 2 unspecified atom stereocenters. The van der Waals surface area contributed by atoms with Crippen molar-refractivity contribution >= 4 is 29.9 Å². The Bertz CT molecular complexity index is 488. The molecule has 0 aromatic heterocycles. The van der Waals surface area contributed by atoms with Crippen molar-refractivity contribution in [2.45, 2.75) is 51.2 Å². The number of hydrogen-bond donors (Lipinski definition) is 1. The lowest BCUT2D eigenvalue weighted by molar-refractivity contribution is -0.0721. The molecule has 0 radical (unpaired) electrons. The van der Waals surface area contributed by atoms with E-state index in [4.69, 9.17) is 9.47 Å². The molecule has 176 valence electrons. The van der Waals surface area contributed by atoms with Gasteiger partial charge in [-0.3, -0.25) is 4.99 Å². The summed E-state index contributed by atoms with van der Waals surface area (Å²) in [5.41, 5.74) is 0. The predicted molar refractivity (Wildman–Crippen MR) is 134 cm³/mol. The second kappa shape index (κ2) is 14.1. The Kier molecular flexibility index (Phi) is 12.2. The Labute approximate surface area is 200 Å². The van der Waals surface area contributed by atoms with Crippen molar-refractivity contribution in [3.8, 4) is 0 Å². The summed E-state index contributed by atoms with van der Waals surface area (Å²) in [5.74, 6) is 1.66. The summed E-state index contributed by atoms with van der Waals surface area (Å²) in [4.78, 5) is 11.9. The van der Waals surface area contributed by atoms with E-state index in [-0.39, 0.29) is 24.0 Å². The topological polar surface area (TPSA) is 52.6 Å². The van der Waals surface area contributed by atoms with E-state index in [2.05, 4.69) is 39.0 Å². The van der Waals surface area contributed by atoms with Crippen LogP contribution in [0.2, 0.25) is 0 Å². The minimum absolute atomic E-state index is 0. The lowest BCUT2D eigenvalue weighted by atomic mass is 10.1. The number of piperidine rings is 1. The predicted octanol–water partition coefficient (Wildman–Crippen LogP) is 2.11. The quantitative estimate of drug-likeness (QED) is 0.305. The van der Waals surface area contributed by atoms with E-state index in [1.165, 1.54) is 39.0 Å². The third kappa shape index (κ3) is 8.76. The van der Waals surface area contributed by atoms with Crippen molar-refractivity contribution in [3.05, 3.63) is 0 Å². The lowest BCUT2D eigenvalue weighted by Gasteiger charge is -2.36. The van der Waals surface area contributed by atoms with Gasteiger partial charge in [0.2, 0.25) is 0 Å². The van der Waals surface area contributed by atoms with Crippen molar-refractivity contribution < 1.29 is 9.47 Å². The number of likely N-dealkylation sites (N-methyl/N-ethyl adjacent to an activating group) is 1. The van der Waals surface area contributed by atoms with Gasteiger partial charge in [0.15, 0.2) is 5.96 Å². The zero-order valence-corrected chi connectivity index (χ0v) is 21.7. The van der Waals surface area contributed by atoms with Crippen LogP contribution in [0.15, 0.2) is 4.99 Å². The summed E-state index contributed by atoms with van der Waals surface area (Å²) < 4.78 is 11.9. The molecule has 0 aromatic carbocycles. The summed E-state index contributed by atoms with van der Waals surface area (Å²) in [6.07, 6.45) is 6.47. The normalized spacial score (nSPS) is 26.3. The first-order valence-electron chi connectivity index (χ1n) is 11.7. The van der Waals surface area contributed by atoms with Crippen molar-refractivity contribution in [3.63, 3.8) is 0 Å². The number of likely N-dealkylation sites (tertiary alicyclic amines) is 1. The van der Waals surface area contributed by atoms with Crippen LogP contribution >= 0.6 is 24.0 Å². The summed E-state index contributed by atoms with van der Waals surface area (Å²) in [6, 6.07) is 0. The molecule has 3 saturated heterocycles. The van der Waals surface area contributed by atoms with E-state index in [1.807, 2.05) is 7.05 Å². The Morgan fingerprint density at radius 3 is 2.47 bits per heavy atom. The molecule has 3 heterocycles. The van der Waals surface area contributed by atoms with Crippen LogP contribution in [0.5, 0.6) is 0 Å². The van der Waals surface area contributed by atoms with Gasteiger partial charge >= 0.3 is 0 Å². The molecule has 2 atom stereocenters. The molecule has 0 bridgehead atoms. The maximum Gasteiger partial charge on any atom is 0.193 e. The highest BCUT2D eigenvalue weighted by atomic mass is 127. The summed E-state index contributed by atoms with van der Waals surface area (Å²) in [6.45, 7) is 12.9. The van der Waals surface area contributed by atoms with E-state index < -0.39 is 0 Å². The van der Waals surface area contributed by atoms with Crippen LogP contribution in [-0.2, 0) is 9.47 Å². The zero-order valence-electron chi connectivity index (χ0n) is 19.4. The third-order valence-electron chi connectivity index (χ3n) is 6.52. The summed E-state index contributed by atoms with van der Waals surface area (Å²) >= 11 is 0. The maximum absolute atomic E-state index is 6.15. The molecular formula is C22H44IN5O2. The number of nitrogens with one attached hydrogen (secondary N) is 1. The molecule has 8 heteroatoms. The molecule has 3 rings (SSSR count). The number of halogens is 1. The average molecular weight is 538 g/mol. The standard InChI is InChI=1S/C22H43N5O2.HI/c1-19(17-26-13-11-25(3)12-14-26)16-24-22(23-2)27-9-7-20(8-10-27)29-18-21-6-4-5-15-28-21;/h19-21H,4-18H2,1-3H3,(H,23,24);1H. The molecular weight excluding hydrogens is 493 g/mol. The van der Waals surface area contributed by atoms with Crippen molar-refractivity contribution in [2.75, 3.05) is 79.7 Å². The van der Waals surface area contributed by atoms with Crippen LogP contribution in [0.1, 0.15) is 39.0 Å². The fourth-order valence-corrected chi connectivity index (χ4v) is 4.55. The number of piperazine rings is 1. The molecule has 0 aliphatic carbocycles. The van der Waals surface area contributed by atoms with Gasteiger partial charge in [0, 0.05) is 66.0 Å². The molecule has 3 aliphatic heterocycles. The summed E-state index contributed by atoms with van der Waals surface area (Å²) in [7, 11) is 4.11. The van der Waals surface area contributed by atoms with Gasteiger partial charge in [-0.1, -0.05) is 6.92 Å². The molecule has 0 spiro atoms. The number of aliphatic imine (C=N–C) groups is 1. The van der Waals surface area contributed by atoms with Crippen molar-refractivity contribution in [1.29, 1.82) is 0 Å². The molecule has 0 saturated carbocycles. The fourth-order valence-electron chi connectivity index (χ4n) is 4.55. The monoisotopic (exact) mass is 537 g/mol. The molecule has 1 N–H and O–H groups in total. The van der Waals surface area contributed by atoms with Crippen LogP contribution in [0.3, 0.4) is 0 Å². The van der Waals surface area contributed by atoms with Gasteiger partial charge < -0.3 is 29.5 Å². The Morgan fingerprint density at radius 1 is 1.10 bits per heavy atom. The highest BCUT2D eigenvalue weighted by molar-refractivity contribution is 14.0. The van der Waals surface area contributed by atoms with Gasteiger partial charge in [-0.25, -0.2) is 0 Å². The highest BCUT2D eigenvalue weighted by Crippen LogP contribution is 2.18.